The lowest BCUT2D eigenvalue weighted by atomic mass is 9.89. The molecule has 0 aliphatic rings. The second-order valence-corrected chi connectivity index (χ2v) is 6.02. The highest BCUT2D eigenvalue weighted by Crippen LogP contribution is 2.18. The average molecular weight is 306 g/mol. The molecule has 0 aliphatic heterocycles. The van der Waals surface area contributed by atoms with Crippen molar-refractivity contribution in [3.63, 3.8) is 0 Å². The van der Waals surface area contributed by atoms with Crippen LogP contribution in [0.3, 0.4) is 0 Å². The molecule has 0 amide bonds. The Hall–Kier alpha value is -1.39. The summed E-state index contributed by atoms with van der Waals surface area (Å²) in [4.78, 5) is 13.8. The number of hydrogen-bond acceptors (Lipinski definition) is 3. The van der Waals surface area contributed by atoms with Crippen molar-refractivity contribution in [3.05, 3.63) is 35.9 Å². The maximum absolute atomic E-state index is 11.5. The lowest BCUT2D eigenvalue weighted by molar-refractivity contribution is -0.144. The number of aliphatic carboxylic acids is 1. The Kier molecular flexibility index (Phi) is 8.13. The Bertz CT molecular complexity index is 436. The van der Waals surface area contributed by atoms with Crippen LogP contribution in [0.1, 0.15) is 51.5 Å². The topological polar surface area (TPSA) is 66.6 Å². The molecule has 0 saturated heterocycles. The largest absolute Gasteiger partial charge is 0.480 e. The number of benzene rings is 1. The van der Waals surface area contributed by atoms with Gasteiger partial charge in [-0.3, -0.25) is 9.69 Å². The summed E-state index contributed by atoms with van der Waals surface area (Å²) in [6, 6.07) is 10.2. The molecule has 0 fully saturated rings. The first kappa shape index (κ1) is 18.7. The second-order valence-electron chi connectivity index (χ2n) is 6.02. The fraction of sp³-hybridized carbons (Fsp3) is 0.611. The molecule has 0 saturated carbocycles. The maximum atomic E-state index is 11.5. The molecule has 0 heterocycles. The predicted octanol–water partition coefficient (Wildman–Crippen LogP) is 3.26. The van der Waals surface area contributed by atoms with Crippen molar-refractivity contribution in [1.29, 1.82) is 0 Å². The summed E-state index contributed by atoms with van der Waals surface area (Å²) in [5.74, 6) is -0.876. The summed E-state index contributed by atoms with van der Waals surface area (Å²) >= 11 is 0. The second kappa shape index (κ2) is 9.59. The minimum absolute atomic E-state index is 0.493. The van der Waals surface area contributed by atoms with Gasteiger partial charge in [-0.2, -0.15) is 0 Å². The summed E-state index contributed by atoms with van der Waals surface area (Å²) in [6.45, 7) is 6.64. The normalized spacial score (nSPS) is 14.0. The van der Waals surface area contributed by atoms with Gasteiger partial charge >= 0.3 is 5.97 Å². The Morgan fingerprint density at radius 3 is 2.41 bits per heavy atom. The minimum atomic E-state index is -1.10. The van der Waals surface area contributed by atoms with Crippen LogP contribution in [-0.2, 0) is 11.3 Å². The fourth-order valence-electron chi connectivity index (χ4n) is 2.58. The molecule has 0 bridgehead atoms. The summed E-state index contributed by atoms with van der Waals surface area (Å²) in [6.07, 6.45) is 4.04. The van der Waals surface area contributed by atoms with Gasteiger partial charge in [0.05, 0.1) is 0 Å². The van der Waals surface area contributed by atoms with Crippen molar-refractivity contribution >= 4 is 5.97 Å². The summed E-state index contributed by atoms with van der Waals surface area (Å²) < 4.78 is 0. The first-order valence-electron chi connectivity index (χ1n) is 8.30. The first-order valence-corrected chi connectivity index (χ1v) is 8.30. The van der Waals surface area contributed by atoms with Gasteiger partial charge in [0.2, 0.25) is 0 Å². The van der Waals surface area contributed by atoms with Crippen molar-refractivity contribution < 1.29 is 9.90 Å². The van der Waals surface area contributed by atoms with Gasteiger partial charge in [0.25, 0.3) is 0 Å². The SMILES string of the molecule is CCCCCC(N)(CCN(CC)Cc1ccccc1)C(=O)O. The number of carboxylic acid groups (broad SMARTS) is 1. The lowest BCUT2D eigenvalue weighted by Crippen LogP contribution is -2.50. The van der Waals surface area contributed by atoms with Gasteiger partial charge in [-0.15, -0.1) is 0 Å². The van der Waals surface area contributed by atoms with Gasteiger partial charge in [-0.25, -0.2) is 0 Å². The van der Waals surface area contributed by atoms with Crippen LogP contribution in [0.25, 0.3) is 0 Å². The number of rotatable bonds is 11. The number of nitrogens with zero attached hydrogens (tertiary/aromatic N) is 1. The molecule has 1 aromatic rings. The molecule has 124 valence electrons. The molecule has 0 aliphatic carbocycles. The molecule has 0 spiro atoms. The van der Waals surface area contributed by atoms with Crippen molar-refractivity contribution in [2.75, 3.05) is 13.1 Å². The van der Waals surface area contributed by atoms with Gasteiger partial charge in [0, 0.05) is 13.1 Å². The number of carboxylic acids is 1. The van der Waals surface area contributed by atoms with Crippen LogP contribution < -0.4 is 5.73 Å². The van der Waals surface area contributed by atoms with Crippen molar-refractivity contribution in [1.82, 2.24) is 4.90 Å². The summed E-state index contributed by atoms with van der Waals surface area (Å²) in [7, 11) is 0. The highest BCUT2D eigenvalue weighted by Gasteiger charge is 2.33. The zero-order valence-corrected chi connectivity index (χ0v) is 13.9. The third-order valence-electron chi connectivity index (χ3n) is 4.22. The molecule has 1 unspecified atom stereocenters. The Balaban J connectivity index is 2.55. The van der Waals surface area contributed by atoms with Crippen LogP contribution in [0.2, 0.25) is 0 Å². The van der Waals surface area contributed by atoms with E-state index in [4.69, 9.17) is 5.73 Å². The van der Waals surface area contributed by atoms with Crippen LogP contribution in [-0.4, -0.2) is 34.6 Å². The maximum Gasteiger partial charge on any atom is 0.323 e. The molecular weight excluding hydrogens is 276 g/mol. The van der Waals surface area contributed by atoms with E-state index >= 15 is 0 Å². The van der Waals surface area contributed by atoms with Crippen LogP contribution in [0.15, 0.2) is 30.3 Å². The van der Waals surface area contributed by atoms with Crippen molar-refractivity contribution in [2.24, 2.45) is 5.73 Å². The molecule has 0 aromatic heterocycles. The van der Waals surface area contributed by atoms with E-state index in [1.165, 1.54) is 5.56 Å². The first-order chi connectivity index (χ1) is 10.5. The number of carbonyl (C=O) groups is 1. The van der Waals surface area contributed by atoms with Crippen molar-refractivity contribution in [2.45, 2.75) is 58.0 Å². The van der Waals surface area contributed by atoms with Gasteiger partial charge < -0.3 is 10.8 Å². The van der Waals surface area contributed by atoms with Crippen LogP contribution in [0, 0.1) is 0 Å². The van der Waals surface area contributed by atoms with E-state index < -0.39 is 11.5 Å². The average Bonchev–Trinajstić information content (AvgIpc) is 2.52. The quantitative estimate of drug-likeness (QED) is 0.616. The molecule has 22 heavy (non-hydrogen) atoms. The van der Waals surface area contributed by atoms with E-state index in [0.717, 1.165) is 32.4 Å². The van der Waals surface area contributed by atoms with Gasteiger partial charge in [-0.1, -0.05) is 63.4 Å². The number of nitrogens with two attached hydrogens (primary N) is 1. The van der Waals surface area contributed by atoms with Crippen LogP contribution in [0.4, 0.5) is 0 Å². The molecule has 4 heteroatoms. The molecule has 4 nitrogen and oxygen atoms in total. The van der Waals surface area contributed by atoms with Gasteiger partial charge in [0.1, 0.15) is 5.54 Å². The highest BCUT2D eigenvalue weighted by atomic mass is 16.4. The zero-order chi connectivity index (χ0) is 16.4. The summed E-state index contributed by atoms with van der Waals surface area (Å²) in [5.41, 5.74) is 6.30. The van der Waals surface area contributed by atoms with E-state index in [1.54, 1.807) is 0 Å². The van der Waals surface area contributed by atoms with Gasteiger partial charge in [-0.05, 0) is 24.9 Å². The predicted molar refractivity (Wildman–Crippen MR) is 90.7 cm³/mol. The molecule has 1 rings (SSSR count). The van der Waals surface area contributed by atoms with Crippen molar-refractivity contribution in [3.8, 4) is 0 Å². The van der Waals surface area contributed by atoms with E-state index in [2.05, 4.69) is 30.9 Å². The monoisotopic (exact) mass is 306 g/mol. The minimum Gasteiger partial charge on any atom is -0.480 e. The molecular formula is C18H30N2O2. The number of unbranched alkanes of at least 4 members (excludes halogenated alkanes) is 2. The van der Waals surface area contributed by atoms with E-state index in [9.17, 15) is 9.90 Å². The molecule has 0 radical (unpaired) electrons. The standard InChI is InChI=1S/C18H30N2O2/c1-3-5-9-12-18(19,17(21)22)13-14-20(4-2)15-16-10-7-6-8-11-16/h6-8,10-11H,3-5,9,12-15,19H2,1-2H3,(H,21,22). The Labute approximate surface area is 134 Å². The Morgan fingerprint density at radius 2 is 1.86 bits per heavy atom. The van der Waals surface area contributed by atoms with E-state index in [0.29, 0.717) is 19.4 Å². The molecule has 1 atom stereocenters. The van der Waals surface area contributed by atoms with E-state index in [-0.39, 0.29) is 0 Å². The smallest absolute Gasteiger partial charge is 0.323 e. The number of hydrogen-bond donors (Lipinski definition) is 2. The third-order valence-corrected chi connectivity index (χ3v) is 4.22. The zero-order valence-electron chi connectivity index (χ0n) is 13.9. The third kappa shape index (κ3) is 6.16. The highest BCUT2D eigenvalue weighted by molar-refractivity contribution is 5.78. The Morgan fingerprint density at radius 1 is 1.18 bits per heavy atom. The van der Waals surface area contributed by atoms with E-state index in [1.807, 2.05) is 18.2 Å². The van der Waals surface area contributed by atoms with Gasteiger partial charge in [0.15, 0.2) is 0 Å². The van der Waals surface area contributed by atoms with Crippen LogP contribution in [0.5, 0.6) is 0 Å². The summed E-state index contributed by atoms with van der Waals surface area (Å²) in [5, 5.41) is 9.46. The fourth-order valence-corrected chi connectivity index (χ4v) is 2.58. The van der Waals surface area contributed by atoms with Crippen LogP contribution >= 0.6 is 0 Å². The molecule has 1 aromatic carbocycles. The molecule has 3 N–H and O–H groups in total. The lowest BCUT2D eigenvalue weighted by Gasteiger charge is -2.28.